The normalized spacial score (nSPS) is 18.7. The molecule has 0 unspecified atom stereocenters. The van der Waals surface area contributed by atoms with Gasteiger partial charge < -0.3 is 20.1 Å². The minimum Gasteiger partial charge on any atom is -0.394 e. The van der Waals surface area contributed by atoms with Crippen LogP contribution in [-0.4, -0.2) is 50.6 Å². The summed E-state index contributed by atoms with van der Waals surface area (Å²) in [6.45, 7) is 3.54. The van der Waals surface area contributed by atoms with E-state index in [1.807, 2.05) is 20.0 Å². The third kappa shape index (κ3) is 2.29. The zero-order valence-electron chi connectivity index (χ0n) is 16.0. The number of anilines is 1. The molecule has 1 amide bonds. The molecule has 7 heteroatoms. The number of carbonyl (C=O) groups is 1. The fraction of sp³-hybridized carbons (Fsp3) is 0.429. The number of β-amino-alcohol motifs (C(OH)–C–C–N with tert-alkyl or cyclic N) is 1. The van der Waals surface area contributed by atoms with Gasteiger partial charge >= 0.3 is 0 Å². The maximum Gasteiger partial charge on any atom is 0.237 e. The lowest BCUT2D eigenvalue weighted by molar-refractivity contribution is -0.122. The molecule has 0 spiro atoms. The molecule has 1 atom stereocenters. The Morgan fingerprint density at radius 1 is 1.29 bits per heavy atom. The molecule has 3 aromatic rings. The molecular formula is C21H24N4O3. The van der Waals surface area contributed by atoms with Gasteiger partial charge in [-0.05, 0) is 61.9 Å². The van der Waals surface area contributed by atoms with Crippen LogP contribution in [0.15, 0.2) is 18.3 Å². The minimum atomic E-state index is -0.961. The van der Waals surface area contributed by atoms with E-state index in [4.69, 9.17) is 0 Å². The van der Waals surface area contributed by atoms with Crippen LogP contribution in [0.5, 0.6) is 0 Å². The van der Waals surface area contributed by atoms with Crippen molar-refractivity contribution in [3.63, 3.8) is 0 Å². The highest BCUT2D eigenvalue weighted by molar-refractivity contribution is 6.10. The molecule has 0 bridgehead atoms. The molecule has 5 rings (SSSR count). The number of nitrogens with one attached hydrogen (secondary N) is 2. The molecule has 146 valence electrons. The van der Waals surface area contributed by atoms with Gasteiger partial charge in [0.1, 0.15) is 0 Å². The van der Waals surface area contributed by atoms with E-state index in [1.54, 1.807) is 4.90 Å². The number of nitrogens with zero attached hydrogens (tertiary/aromatic N) is 2. The summed E-state index contributed by atoms with van der Waals surface area (Å²) < 4.78 is 0. The van der Waals surface area contributed by atoms with Crippen LogP contribution in [0.25, 0.3) is 22.3 Å². The third-order valence-electron chi connectivity index (χ3n) is 6.21. The first-order chi connectivity index (χ1) is 13.4. The molecule has 7 nitrogen and oxygen atoms in total. The van der Waals surface area contributed by atoms with Crippen molar-refractivity contribution in [2.75, 3.05) is 18.1 Å². The zero-order valence-corrected chi connectivity index (χ0v) is 16.0. The predicted molar refractivity (Wildman–Crippen MR) is 106 cm³/mol. The zero-order chi connectivity index (χ0) is 19.6. The number of hydrogen-bond acceptors (Lipinski definition) is 4. The molecule has 0 fully saturated rings. The monoisotopic (exact) mass is 380 g/mol. The van der Waals surface area contributed by atoms with E-state index in [9.17, 15) is 15.0 Å². The van der Waals surface area contributed by atoms with E-state index >= 15 is 0 Å². The molecular weight excluding hydrogens is 356 g/mol. The van der Waals surface area contributed by atoms with Gasteiger partial charge in [0, 0.05) is 16.6 Å². The van der Waals surface area contributed by atoms with Crippen LogP contribution in [0, 0.1) is 0 Å². The Morgan fingerprint density at radius 3 is 2.89 bits per heavy atom. The molecule has 4 N–H and O–H groups in total. The van der Waals surface area contributed by atoms with Gasteiger partial charge in [0.05, 0.1) is 42.3 Å². The second-order valence-electron chi connectivity index (χ2n) is 8.39. The van der Waals surface area contributed by atoms with Crippen molar-refractivity contribution in [2.24, 2.45) is 0 Å². The number of rotatable bonds is 3. The smallest absolute Gasteiger partial charge is 0.237 e. The average Bonchev–Trinajstić information content (AvgIpc) is 3.29. The second-order valence-corrected chi connectivity index (χ2v) is 8.39. The molecule has 0 saturated carbocycles. The highest BCUT2D eigenvalue weighted by Gasteiger charge is 2.44. The van der Waals surface area contributed by atoms with Gasteiger partial charge in [-0.3, -0.25) is 9.89 Å². The number of aryl methyl sites for hydroxylation is 2. The van der Waals surface area contributed by atoms with Crippen molar-refractivity contribution in [1.82, 2.24) is 15.2 Å². The van der Waals surface area contributed by atoms with Gasteiger partial charge in [-0.15, -0.1) is 0 Å². The van der Waals surface area contributed by atoms with E-state index in [0.29, 0.717) is 0 Å². The molecule has 1 aromatic carbocycles. The summed E-state index contributed by atoms with van der Waals surface area (Å²) in [4.78, 5) is 18.2. The summed E-state index contributed by atoms with van der Waals surface area (Å²) in [5.74, 6) is -0.0513. The van der Waals surface area contributed by atoms with Crippen LogP contribution in [0.1, 0.15) is 37.0 Å². The molecule has 3 heterocycles. The summed E-state index contributed by atoms with van der Waals surface area (Å²) in [7, 11) is 0. The molecule has 28 heavy (non-hydrogen) atoms. The minimum absolute atomic E-state index is 0.0513. The number of carbonyl (C=O) groups excluding carboxylic acids is 1. The number of amides is 1. The van der Waals surface area contributed by atoms with E-state index in [0.717, 1.165) is 52.8 Å². The first-order valence-electron chi connectivity index (χ1n) is 9.74. The van der Waals surface area contributed by atoms with Crippen molar-refractivity contribution < 1.29 is 15.0 Å². The summed E-state index contributed by atoms with van der Waals surface area (Å²) >= 11 is 0. The Morgan fingerprint density at radius 2 is 2.11 bits per heavy atom. The Balaban J connectivity index is 1.72. The number of benzene rings is 1. The van der Waals surface area contributed by atoms with Crippen LogP contribution in [0.3, 0.4) is 0 Å². The number of aromatic nitrogens is 3. The van der Waals surface area contributed by atoms with Gasteiger partial charge in [-0.1, -0.05) is 0 Å². The van der Waals surface area contributed by atoms with E-state index in [1.165, 1.54) is 11.1 Å². The first kappa shape index (κ1) is 17.5. The first-order valence-corrected chi connectivity index (χ1v) is 9.74. The molecule has 1 aliphatic heterocycles. The van der Waals surface area contributed by atoms with Crippen LogP contribution in [0.4, 0.5) is 5.69 Å². The van der Waals surface area contributed by atoms with E-state index < -0.39 is 11.5 Å². The maximum atomic E-state index is 13.0. The van der Waals surface area contributed by atoms with Gasteiger partial charge in [0.15, 0.2) is 0 Å². The molecule has 2 aromatic heterocycles. The van der Waals surface area contributed by atoms with Gasteiger partial charge in [0.25, 0.3) is 0 Å². The Hall–Kier alpha value is -2.64. The van der Waals surface area contributed by atoms with Gasteiger partial charge in [0.2, 0.25) is 5.91 Å². The highest BCUT2D eigenvalue weighted by Crippen LogP contribution is 2.46. The predicted octanol–water partition coefficient (Wildman–Crippen LogP) is 2.02. The van der Waals surface area contributed by atoms with Crippen LogP contribution < -0.4 is 4.90 Å². The van der Waals surface area contributed by atoms with Crippen molar-refractivity contribution in [2.45, 2.75) is 44.6 Å². The maximum absolute atomic E-state index is 13.0. The Bertz CT molecular complexity index is 1090. The summed E-state index contributed by atoms with van der Waals surface area (Å²) in [6.07, 6.45) is 3.92. The lowest BCUT2D eigenvalue weighted by atomic mass is 9.85. The average molecular weight is 380 g/mol. The Kier molecular flexibility index (Phi) is 3.70. The van der Waals surface area contributed by atoms with Crippen LogP contribution in [0.2, 0.25) is 0 Å². The number of aliphatic hydroxyl groups excluding tert-OH is 2. The Labute approximate surface area is 162 Å². The molecule has 1 aliphatic carbocycles. The number of aliphatic hydroxyl groups is 2. The molecule has 2 aliphatic rings. The SMILES string of the molecule is CC1(C)C(=O)N(C[C@H](O)CO)c2cc3c4c([nH]c3cc21)-c1[nH]ncc1CCC4. The van der Waals surface area contributed by atoms with Crippen molar-refractivity contribution in [1.29, 1.82) is 0 Å². The number of H-pyrrole nitrogens is 2. The van der Waals surface area contributed by atoms with Crippen LogP contribution >= 0.6 is 0 Å². The second kappa shape index (κ2) is 5.93. The lowest BCUT2D eigenvalue weighted by Crippen LogP contribution is -2.41. The largest absolute Gasteiger partial charge is 0.394 e. The van der Waals surface area contributed by atoms with Gasteiger partial charge in [-0.25, -0.2) is 0 Å². The highest BCUT2D eigenvalue weighted by atomic mass is 16.3. The number of aromatic amines is 2. The van der Waals surface area contributed by atoms with E-state index in [-0.39, 0.29) is 19.1 Å². The molecule has 0 radical (unpaired) electrons. The summed E-state index contributed by atoms with van der Waals surface area (Å²) in [6, 6.07) is 4.14. The number of hydrogen-bond donors (Lipinski definition) is 4. The standard InChI is InChI=1S/C21H24N4O3/c1-21(2)15-7-16-14(6-17(15)25(20(21)28)9-12(27)10-26)13-5-3-4-11-8-22-24-18(11)19(13)23-16/h6-8,12,23,26-27H,3-5,9-10H2,1-2H3,(H,22,24)/t12-/m0/s1. The summed E-state index contributed by atoms with van der Waals surface area (Å²) in [5.41, 5.74) is 6.68. The van der Waals surface area contributed by atoms with Crippen LogP contribution in [-0.2, 0) is 23.1 Å². The van der Waals surface area contributed by atoms with E-state index in [2.05, 4.69) is 27.3 Å². The quantitative estimate of drug-likeness (QED) is 0.558. The summed E-state index contributed by atoms with van der Waals surface area (Å²) in [5, 5.41) is 27.7. The topological polar surface area (TPSA) is 105 Å². The van der Waals surface area contributed by atoms with Crippen molar-refractivity contribution in [3.8, 4) is 11.4 Å². The van der Waals surface area contributed by atoms with Crippen molar-refractivity contribution >= 4 is 22.5 Å². The molecule has 0 saturated heterocycles. The lowest BCUT2D eigenvalue weighted by Gasteiger charge is -2.22. The fourth-order valence-corrected chi connectivity index (χ4v) is 4.67. The van der Waals surface area contributed by atoms with Gasteiger partial charge in [-0.2, -0.15) is 5.10 Å². The third-order valence-corrected chi connectivity index (χ3v) is 6.21. The number of fused-ring (bicyclic) bond motifs is 6. The fourth-order valence-electron chi connectivity index (χ4n) is 4.67. The van der Waals surface area contributed by atoms with Crippen molar-refractivity contribution in [3.05, 3.63) is 35.0 Å².